The van der Waals surface area contributed by atoms with Gasteiger partial charge in [-0.1, -0.05) is 29.5 Å². The summed E-state index contributed by atoms with van der Waals surface area (Å²) >= 11 is 0. The minimum absolute atomic E-state index is 0.0238. The lowest BCUT2D eigenvalue weighted by atomic mass is 9.84. The van der Waals surface area contributed by atoms with E-state index in [1.165, 1.54) is 0 Å². The maximum absolute atomic E-state index is 12.0. The van der Waals surface area contributed by atoms with E-state index in [4.69, 9.17) is 4.74 Å². The summed E-state index contributed by atoms with van der Waals surface area (Å²) in [5.74, 6) is -0.364. The number of aromatic nitrogens is 3. The second-order valence-electron chi connectivity index (χ2n) is 11.1. The largest absolute Gasteiger partial charge is 0.486 e. The van der Waals surface area contributed by atoms with Crippen LogP contribution in [0.2, 0.25) is 0 Å². The van der Waals surface area contributed by atoms with Crippen molar-refractivity contribution in [3.05, 3.63) is 87.5 Å². The molecule has 8 nitrogen and oxygen atoms in total. The van der Waals surface area contributed by atoms with Crippen LogP contribution in [0.15, 0.2) is 48.5 Å². The third-order valence-corrected chi connectivity index (χ3v) is 7.58. The molecule has 0 saturated carbocycles. The van der Waals surface area contributed by atoms with Crippen molar-refractivity contribution in [2.75, 3.05) is 6.54 Å². The summed E-state index contributed by atoms with van der Waals surface area (Å²) in [6, 6.07) is 18.1. The number of aliphatic carboxylic acids is 1. The number of carboxylic acids is 1. The van der Waals surface area contributed by atoms with Crippen LogP contribution in [0.5, 0.6) is 5.75 Å². The van der Waals surface area contributed by atoms with Crippen LogP contribution in [0.3, 0.4) is 0 Å². The van der Waals surface area contributed by atoms with Gasteiger partial charge in [-0.15, -0.1) is 5.10 Å². The molecule has 1 aliphatic heterocycles. The van der Waals surface area contributed by atoms with Crippen LogP contribution in [-0.2, 0) is 24.9 Å². The van der Waals surface area contributed by atoms with Gasteiger partial charge in [-0.3, -0.25) is 9.69 Å². The first kappa shape index (κ1) is 26.4. The fourth-order valence-corrected chi connectivity index (χ4v) is 5.68. The van der Waals surface area contributed by atoms with Crippen LogP contribution < -0.4 is 4.74 Å². The quantitative estimate of drug-likeness (QED) is 0.369. The summed E-state index contributed by atoms with van der Waals surface area (Å²) in [4.78, 5) is 14.3. The molecular formula is C31H33N5O3. The first-order chi connectivity index (χ1) is 18.5. The predicted molar refractivity (Wildman–Crippen MR) is 148 cm³/mol. The van der Waals surface area contributed by atoms with Gasteiger partial charge in [-0.05, 0) is 79.8 Å². The number of carbonyl (C=O) groups is 1. The lowest BCUT2D eigenvalue weighted by Crippen LogP contribution is -2.40. The Labute approximate surface area is 228 Å². The van der Waals surface area contributed by atoms with Crippen LogP contribution in [0.1, 0.15) is 65.1 Å². The Morgan fingerprint density at radius 3 is 2.72 bits per heavy atom. The highest BCUT2D eigenvalue weighted by Gasteiger charge is 2.30. The Hall–Kier alpha value is -4.22. The fourth-order valence-electron chi connectivity index (χ4n) is 5.68. The third-order valence-electron chi connectivity index (χ3n) is 7.58. The van der Waals surface area contributed by atoms with Crippen molar-refractivity contribution >= 4 is 17.0 Å². The summed E-state index contributed by atoms with van der Waals surface area (Å²) in [6.07, 6.45) is -0.0238. The molecule has 0 unspecified atom stereocenters. The average molecular weight is 524 g/mol. The van der Waals surface area contributed by atoms with E-state index in [1.807, 2.05) is 44.3 Å². The van der Waals surface area contributed by atoms with Gasteiger partial charge in [-0.2, -0.15) is 5.26 Å². The number of hydrogen-bond acceptors (Lipinski definition) is 6. The number of nitriles is 1. The van der Waals surface area contributed by atoms with Crippen molar-refractivity contribution < 1.29 is 14.6 Å². The van der Waals surface area contributed by atoms with Gasteiger partial charge in [0.1, 0.15) is 16.9 Å². The second kappa shape index (κ2) is 10.2. The Kier molecular flexibility index (Phi) is 6.87. The molecule has 5 rings (SSSR count). The zero-order chi connectivity index (χ0) is 27.9. The number of benzene rings is 3. The van der Waals surface area contributed by atoms with Crippen molar-refractivity contribution in [3.63, 3.8) is 0 Å². The summed E-state index contributed by atoms with van der Waals surface area (Å²) in [5.41, 5.74) is 8.03. The van der Waals surface area contributed by atoms with Gasteiger partial charge in [0.05, 0.1) is 23.6 Å². The van der Waals surface area contributed by atoms with Gasteiger partial charge in [0, 0.05) is 38.2 Å². The van der Waals surface area contributed by atoms with Gasteiger partial charge in [-0.25, -0.2) is 4.68 Å². The molecule has 1 N–H and O–H groups in total. The fraction of sp³-hybridized carbons (Fsp3) is 0.355. The lowest BCUT2D eigenvalue weighted by molar-refractivity contribution is -0.137. The first-order valence-corrected chi connectivity index (χ1v) is 13.1. The SMILES string of the molecule is Cc1ccc([C@@H](CC(=O)O)c2ccc3c(nnn3C)c2C)cc1CN1Cc2cc(C#N)ccc2OC(C)(C)C1. The van der Waals surface area contributed by atoms with E-state index in [0.29, 0.717) is 25.2 Å². The topological polar surface area (TPSA) is 104 Å². The lowest BCUT2D eigenvalue weighted by Gasteiger charge is -2.30. The van der Waals surface area contributed by atoms with E-state index in [0.717, 1.165) is 50.2 Å². The first-order valence-electron chi connectivity index (χ1n) is 13.1. The normalized spacial score (nSPS) is 15.7. The molecule has 0 aliphatic carbocycles. The van der Waals surface area contributed by atoms with Crippen molar-refractivity contribution in [2.45, 2.75) is 58.7 Å². The van der Waals surface area contributed by atoms with E-state index >= 15 is 0 Å². The van der Waals surface area contributed by atoms with Crippen LogP contribution in [-0.4, -0.2) is 43.1 Å². The van der Waals surface area contributed by atoms with E-state index in [-0.39, 0.29) is 12.3 Å². The highest BCUT2D eigenvalue weighted by molar-refractivity contribution is 5.80. The molecule has 4 aromatic rings. The molecule has 0 fully saturated rings. The third kappa shape index (κ3) is 5.36. The Morgan fingerprint density at radius 2 is 1.97 bits per heavy atom. The number of ether oxygens (including phenoxy) is 1. The van der Waals surface area contributed by atoms with Gasteiger partial charge in [0.25, 0.3) is 0 Å². The molecule has 39 heavy (non-hydrogen) atoms. The molecule has 1 aliphatic rings. The molecule has 2 heterocycles. The minimum atomic E-state index is -0.850. The highest BCUT2D eigenvalue weighted by atomic mass is 16.5. The van der Waals surface area contributed by atoms with Crippen molar-refractivity contribution in [2.24, 2.45) is 7.05 Å². The van der Waals surface area contributed by atoms with Crippen molar-refractivity contribution in [1.29, 1.82) is 5.26 Å². The number of nitrogens with zero attached hydrogens (tertiary/aromatic N) is 5. The number of rotatable bonds is 6. The summed E-state index contributed by atoms with van der Waals surface area (Å²) in [7, 11) is 1.85. The van der Waals surface area contributed by atoms with Crippen LogP contribution in [0.25, 0.3) is 11.0 Å². The van der Waals surface area contributed by atoms with Gasteiger partial charge in [0.15, 0.2) is 0 Å². The molecule has 0 spiro atoms. The molecular weight excluding hydrogens is 490 g/mol. The Balaban J connectivity index is 1.51. The Bertz CT molecular complexity index is 1610. The summed E-state index contributed by atoms with van der Waals surface area (Å²) in [5, 5.41) is 27.7. The van der Waals surface area contributed by atoms with E-state index < -0.39 is 11.6 Å². The number of aryl methyl sites for hydroxylation is 3. The second-order valence-corrected chi connectivity index (χ2v) is 11.1. The van der Waals surface area contributed by atoms with E-state index in [9.17, 15) is 15.2 Å². The van der Waals surface area contributed by atoms with Crippen LogP contribution >= 0.6 is 0 Å². The summed E-state index contributed by atoms with van der Waals surface area (Å²) in [6.45, 7) is 10.2. The van der Waals surface area contributed by atoms with E-state index in [1.54, 1.807) is 10.7 Å². The Morgan fingerprint density at radius 1 is 1.18 bits per heavy atom. The summed E-state index contributed by atoms with van der Waals surface area (Å²) < 4.78 is 8.06. The van der Waals surface area contributed by atoms with Gasteiger partial charge >= 0.3 is 5.97 Å². The van der Waals surface area contributed by atoms with Crippen LogP contribution in [0, 0.1) is 25.2 Å². The van der Waals surface area contributed by atoms with Crippen LogP contribution in [0.4, 0.5) is 0 Å². The molecule has 0 amide bonds. The number of carboxylic acid groups (broad SMARTS) is 1. The van der Waals surface area contributed by atoms with E-state index in [2.05, 4.69) is 54.2 Å². The zero-order valence-corrected chi connectivity index (χ0v) is 23.0. The molecule has 1 aromatic heterocycles. The smallest absolute Gasteiger partial charge is 0.304 e. The molecule has 0 bridgehead atoms. The zero-order valence-electron chi connectivity index (χ0n) is 23.0. The maximum Gasteiger partial charge on any atom is 0.304 e. The monoisotopic (exact) mass is 523 g/mol. The molecule has 0 radical (unpaired) electrons. The highest BCUT2D eigenvalue weighted by Crippen LogP contribution is 2.35. The molecule has 3 aromatic carbocycles. The predicted octanol–water partition coefficient (Wildman–Crippen LogP) is 5.24. The van der Waals surface area contributed by atoms with Gasteiger partial charge < -0.3 is 9.84 Å². The maximum atomic E-state index is 12.0. The molecule has 0 saturated heterocycles. The molecule has 1 atom stereocenters. The minimum Gasteiger partial charge on any atom is -0.486 e. The standard InChI is InChI=1S/C31H33N5O3/c1-19-6-8-22(26(14-29(37)38)25-9-10-27-30(20(25)2)33-34-35(27)5)13-23(19)16-36-17-24-12-21(15-32)7-11-28(24)39-31(3,4)18-36/h6-13,26H,14,16-18H2,1-5H3,(H,37,38)/t26-/m1/s1. The molecule has 8 heteroatoms. The van der Waals surface area contributed by atoms with Gasteiger partial charge in [0.2, 0.25) is 0 Å². The number of fused-ring (bicyclic) bond motifs is 2. The van der Waals surface area contributed by atoms with Crippen molar-refractivity contribution in [3.8, 4) is 11.8 Å². The number of hydrogen-bond donors (Lipinski definition) is 1. The molecule has 200 valence electrons. The average Bonchev–Trinajstić information content (AvgIpc) is 3.20. The van der Waals surface area contributed by atoms with Crippen molar-refractivity contribution in [1.82, 2.24) is 19.9 Å².